The minimum absolute atomic E-state index is 0. The molecule has 7 nitrogen and oxygen atoms in total. The Balaban J connectivity index is 0.00000261. The third-order valence-electron chi connectivity index (χ3n) is 4.61. The van der Waals surface area contributed by atoms with Gasteiger partial charge in [-0.25, -0.2) is 4.98 Å². The fourth-order valence-corrected chi connectivity index (χ4v) is 3.29. The maximum atomic E-state index is 11.7. The molecule has 1 aromatic heterocycles. The zero-order chi connectivity index (χ0) is 18.4. The van der Waals surface area contributed by atoms with Gasteiger partial charge in [-0.15, -0.1) is 24.0 Å². The number of aromatic nitrogens is 1. The van der Waals surface area contributed by atoms with E-state index in [0.29, 0.717) is 17.5 Å². The van der Waals surface area contributed by atoms with Gasteiger partial charge in [-0.2, -0.15) is 0 Å². The van der Waals surface area contributed by atoms with Crippen LogP contribution in [0.25, 0.3) is 0 Å². The molecule has 1 unspecified atom stereocenters. The van der Waals surface area contributed by atoms with Crippen LogP contribution in [0.2, 0.25) is 5.02 Å². The molecule has 0 bridgehead atoms. The normalized spacial score (nSPS) is 19.4. The summed E-state index contributed by atoms with van der Waals surface area (Å²) < 4.78 is 0. The van der Waals surface area contributed by atoms with Gasteiger partial charge in [0, 0.05) is 51.4 Å². The Bertz CT molecular complexity index is 654. The van der Waals surface area contributed by atoms with E-state index in [1.807, 2.05) is 12.1 Å². The topological polar surface area (TPSA) is 81.6 Å². The van der Waals surface area contributed by atoms with Crippen molar-refractivity contribution < 1.29 is 4.79 Å². The Morgan fingerprint density at radius 3 is 2.85 bits per heavy atom. The molecule has 1 aromatic rings. The summed E-state index contributed by atoms with van der Waals surface area (Å²) in [5.41, 5.74) is 0. The fraction of sp³-hybridized carbons (Fsp3) is 0.611. The molecule has 1 saturated heterocycles. The highest BCUT2D eigenvalue weighted by Crippen LogP contribution is 2.25. The summed E-state index contributed by atoms with van der Waals surface area (Å²) in [6, 6.07) is 4.43. The van der Waals surface area contributed by atoms with Crippen LogP contribution in [-0.2, 0) is 4.79 Å². The molecule has 9 heteroatoms. The Kier molecular flexibility index (Phi) is 8.88. The number of aliphatic imine (C=N–C) groups is 1. The summed E-state index contributed by atoms with van der Waals surface area (Å²) in [4.78, 5) is 22.5. The molecule has 0 spiro atoms. The van der Waals surface area contributed by atoms with Crippen LogP contribution in [-0.4, -0.2) is 55.6 Å². The van der Waals surface area contributed by atoms with Gasteiger partial charge in [-0.1, -0.05) is 11.6 Å². The van der Waals surface area contributed by atoms with Crippen LogP contribution < -0.4 is 20.9 Å². The Hall–Kier alpha value is -1.29. The van der Waals surface area contributed by atoms with Gasteiger partial charge in [-0.3, -0.25) is 9.79 Å². The van der Waals surface area contributed by atoms with Gasteiger partial charge < -0.3 is 20.9 Å². The third-order valence-corrected chi connectivity index (χ3v) is 4.90. The highest BCUT2D eigenvalue weighted by Gasteiger charge is 2.25. The molecule has 2 fully saturated rings. The van der Waals surface area contributed by atoms with Crippen LogP contribution in [0.3, 0.4) is 0 Å². The van der Waals surface area contributed by atoms with Gasteiger partial charge in [0.2, 0.25) is 5.91 Å². The molecular weight excluding hydrogens is 479 g/mol. The molecule has 27 heavy (non-hydrogen) atoms. The van der Waals surface area contributed by atoms with Crippen LogP contribution in [0.4, 0.5) is 5.82 Å². The third kappa shape index (κ3) is 6.99. The molecule has 1 saturated carbocycles. The van der Waals surface area contributed by atoms with Gasteiger partial charge >= 0.3 is 0 Å². The van der Waals surface area contributed by atoms with Gasteiger partial charge in [0.25, 0.3) is 0 Å². The lowest BCUT2D eigenvalue weighted by atomic mass is 10.2. The number of carbonyl (C=O) groups is 1. The predicted octanol–water partition coefficient (Wildman–Crippen LogP) is 2.16. The number of pyridine rings is 1. The maximum Gasteiger partial charge on any atom is 0.220 e. The summed E-state index contributed by atoms with van der Waals surface area (Å²) in [5, 5.41) is 10.4. The molecule has 1 amide bonds. The number of rotatable bonds is 7. The Morgan fingerprint density at radius 2 is 2.15 bits per heavy atom. The standard InChI is InChI=1S/C18H27ClN6O.HI/c1-20-18(22-10-3-5-16(26)23-13-6-7-13)24-14-8-11-25(12-14)17-15(19)4-2-9-21-17;/h2,4,9,13-14H,3,5-8,10-12H2,1H3,(H,23,26)(H2,20,22,24);1H. The number of anilines is 1. The minimum atomic E-state index is 0. The largest absolute Gasteiger partial charge is 0.356 e. The summed E-state index contributed by atoms with van der Waals surface area (Å²) in [7, 11) is 1.76. The molecule has 2 heterocycles. The lowest BCUT2D eigenvalue weighted by Gasteiger charge is -2.20. The second kappa shape index (κ2) is 10.9. The average molecular weight is 507 g/mol. The highest BCUT2D eigenvalue weighted by molar-refractivity contribution is 14.0. The van der Waals surface area contributed by atoms with E-state index in [2.05, 4.69) is 30.8 Å². The first-order valence-electron chi connectivity index (χ1n) is 9.27. The number of nitrogens with zero attached hydrogens (tertiary/aromatic N) is 3. The zero-order valence-corrected chi connectivity index (χ0v) is 18.7. The summed E-state index contributed by atoms with van der Waals surface area (Å²) in [5.74, 6) is 1.76. The van der Waals surface area contributed by atoms with Crippen molar-refractivity contribution in [2.45, 2.75) is 44.2 Å². The first-order valence-corrected chi connectivity index (χ1v) is 9.65. The van der Waals surface area contributed by atoms with E-state index in [9.17, 15) is 4.79 Å². The van der Waals surface area contributed by atoms with Crippen molar-refractivity contribution in [2.75, 3.05) is 31.6 Å². The van der Waals surface area contributed by atoms with Gasteiger partial charge in [0.15, 0.2) is 5.96 Å². The number of nitrogens with one attached hydrogen (secondary N) is 3. The molecule has 1 aliphatic heterocycles. The summed E-state index contributed by atoms with van der Waals surface area (Å²) in [6.45, 7) is 2.47. The first-order chi connectivity index (χ1) is 12.7. The van der Waals surface area contributed by atoms with Crippen molar-refractivity contribution in [3.63, 3.8) is 0 Å². The number of guanidine groups is 1. The van der Waals surface area contributed by atoms with E-state index in [0.717, 1.165) is 57.1 Å². The molecule has 0 aromatic carbocycles. The summed E-state index contributed by atoms with van der Waals surface area (Å²) in [6.07, 6.45) is 6.36. The molecule has 3 N–H and O–H groups in total. The van der Waals surface area contributed by atoms with Crippen LogP contribution in [0.1, 0.15) is 32.1 Å². The highest BCUT2D eigenvalue weighted by atomic mass is 127. The second-order valence-electron chi connectivity index (χ2n) is 6.83. The van der Waals surface area contributed by atoms with Crippen molar-refractivity contribution in [1.82, 2.24) is 20.9 Å². The quantitative estimate of drug-likeness (QED) is 0.229. The molecule has 1 aliphatic carbocycles. The average Bonchev–Trinajstić information content (AvgIpc) is 3.33. The molecule has 3 rings (SSSR count). The van der Waals surface area contributed by atoms with Gasteiger partial charge in [0.1, 0.15) is 5.82 Å². The molecule has 150 valence electrons. The number of amides is 1. The van der Waals surface area contributed by atoms with E-state index in [4.69, 9.17) is 11.6 Å². The van der Waals surface area contributed by atoms with Crippen molar-refractivity contribution in [3.8, 4) is 0 Å². The van der Waals surface area contributed by atoms with Crippen molar-refractivity contribution in [1.29, 1.82) is 0 Å². The van der Waals surface area contributed by atoms with E-state index in [1.54, 1.807) is 13.2 Å². The summed E-state index contributed by atoms with van der Waals surface area (Å²) >= 11 is 6.24. The number of halogens is 2. The van der Waals surface area contributed by atoms with Crippen molar-refractivity contribution >= 4 is 53.3 Å². The second-order valence-corrected chi connectivity index (χ2v) is 7.24. The van der Waals surface area contributed by atoms with Crippen LogP contribution >= 0.6 is 35.6 Å². The monoisotopic (exact) mass is 506 g/mol. The van der Waals surface area contributed by atoms with E-state index >= 15 is 0 Å². The molecule has 0 radical (unpaired) electrons. The molecule has 2 aliphatic rings. The van der Waals surface area contributed by atoms with Crippen molar-refractivity contribution in [2.24, 2.45) is 4.99 Å². The number of carbonyl (C=O) groups excluding carboxylic acids is 1. The zero-order valence-electron chi connectivity index (χ0n) is 15.6. The number of hydrogen-bond acceptors (Lipinski definition) is 4. The van der Waals surface area contributed by atoms with E-state index < -0.39 is 0 Å². The minimum Gasteiger partial charge on any atom is -0.356 e. The van der Waals surface area contributed by atoms with Gasteiger partial charge in [0.05, 0.1) is 5.02 Å². The van der Waals surface area contributed by atoms with Gasteiger partial charge in [-0.05, 0) is 37.8 Å². The lowest BCUT2D eigenvalue weighted by molar-refractivity contribution is -0.121. The Labute approximate surface area is 182 Å². The molecular formula is C18H28ClIN6O. The first kappa shape index (κ1) is 22.0. The maximum absolute atomic E-state index is 11.7. The fourth-order valence-electron chi connectivity index (χ4n) is 3.05. The van der Waals surface area contributed by atoms with E-state index in [1.165, 1.54) is 0 Å². The predicted molar refractivity (Wildman–Crippen MR) is 120 cm³/mol. The number of hydrogen-bond donors (Lipinski definition) is 3. The van der Waals surface area contributed by atoms with Crippen LogP contribution in [0, 0.1) is 0 Å². The smallest absolute Gasteiger partial charge is 0.220 e. The Morgan fingerprint density at radius 1 is 1.33 bits per heavy atom. The van der Waals surface area contributed by atoms with Crippen LogP contribution in [0.15, 0.2) is 23.3 Å². The SMILES string of the molecule is CN=C(NCCCC(=O)NC1CC1)NC1CCN(c2ncccc2Cl)C1.I. The lowest BCUT2D eigenvalue weighted by Crippen LogP contribution is -2.45. The van der Waals surface area contributed by atoms with E-state index in [-0.39, 0.29) is 35.9 Å². The van der Waals surface area contributed by atoms with Crippen LogP contribution in [0.5, 0.6) is 0 Å². The molecule has 1 atom stereocenters. The van der Waals surface area contributed by atoms with Crippen molar-refractivity contribution in [3.05, 3.63) is 23.4 Å².